The minimum atomic E-state index is -1.85. The van der Waals surface area contributed by atoms with E-state index in [2.05, 4.69) is 78.7 Å². The number of rotatable bonds is 5. The van der Waals surface area contributed by atoms with Crippen LogP contribution in [0.15, 0.2) is 97.1 Å². The van der Waals surface area contributed by atoms with Gasteiger partial charge in [0.15, 0.2) is 0 Å². The summed E-state index contributed by atoms with van der Waals surface area (Å²) in [5.41, 5.74) is 0. The van der Waals surface area contributed by atoms with E-state index in [0.29, 0.717) is 0 Å². The lowest BCUT2D eigenvalue weighted by Crippen LogP contribution is -2.32. The third-order valence-electron chi connectivity index (χ3n) is 4.05. The van der Waals surface area contributed by atoms with Crippen LogP contribution in [0.25, 0.3) is 5.41 Å². The molecule has 0 unspecified atom stereocenters. The minimum Gasteiger partial charge on any atom is -0.763 e. The van der Waals surface area contributed by atoms with Crippen molar-refractivity contribution in [2.24, 2.45) is 0 Å². The summed E-state index contributed by atoms with van der Waals surface area (Å²) < 4.78 is 0. The van der Waals surface area contributed by atoms with Crippen LogP contribution in [0, 0.1) is 0 Å². The molecule has 3 rings (SSSR count). The van der Waals surface area contributed by atoms with Gasteiger partial charge in [0.25, 0.3) is 0 Å². The van der Waals surface area contributed by atoms with E-state index in [9.17, 15) is 5.41 Å². The average Bonchev–Trinajstić information content (AvgIpc) is 2.65. The van der Waals surface area contributed by atoms with Gasteiger partial charge in [0.1, 0.15) is 23.2 Å². The molecule has 23 heavy (non-hydrogen) atoms. The van der Waals surface area contributed by atoms with E-state index in [1.54, 1.807) is 6.08 Å². The SMILES string of the molecule is [N-]=C=CC[P+](c1ccccc1)(c1ccccc1)c1ccccc1. The lowest BCUT2D eigenvalue weighted by atomic mass is 10.4. The molecule has 2 heteroatoms. The van der Waals surface area contributed by atoms with Crippen LogP contribution in [-0.2, 0) is 0 Å². The van der Waals surface area contributed by atoms with Crippen molar-refractivity contribution < 1.29 is 0 Å². The van der Waals surface area contributed by atoms with Crippen LogP contribution in [-0.4, -0.2) is 12.0 Å². The van der Waals surface area contributed by atoms with E-state index in [4.69, 9.17) is 0 Å². The van der Waals surface area contributed by atoms with Crippen molar-refractivity contribution >= 4 is 29.0 Å². The molecule has 112 valence electrons. The normalized spacial score (nSPS) is 10.8. The molecule has 0 saturated heterocycles. The van der Waals surface area contributed by atoms with Gasteiger partial charge in [0.2, 0.25) is 0 Å². The summed E-state index contributed by atoms with van der Waals surface area (Å²) in [4.78, 5) is 0. The zero-order valence-corrected chi connectivity index (χ0v) is 13.7. The molecule has 0 saturated carbocycles. The standard InChI is InChI=1S/C21H18NP/c22-17-10-18-23(19-11-4-1-5-12-19,20-13-6-2-7-14-20)21-15-8-3-9-16-21/h1-16H,18H2. The van der Waals surface area contributed by atoms with Crippen LogP contribution in [0.4, 0.5) is 0 Å². The maximum atomic E-state index is 9.18. The van der Waals surface area contributed by atoms with Crippen LogP contribution in [0.3, 0.4) is 0 Å². The van der Waals surface area contributed by atoms with Crippen LogP contribution in [0.1, 0.15) is 0 Å². The Morgan fingerprint density at radius 1 is 0.652 bits per heavy atom. The second-order valence-corrected chi connectivity index (χ2v) is 8.87. The van der Waals surface area contributed by atoms with E-state index in [1.165, 1.54) is 15.9 Å². The summed E-state index contributed by atoms with van der Waals surface area (Å²) >= 11 is 0. The number of benzene rings is 3. The van der Waals surface area contributed by atoms with E-state index >= 15 is 0 Å². The van der Waals surface area contributed by atoms with Gasteiger partial charge in [-0.2, -0.15) is 0 Å². The van der Waals surface area contributed by atoms with E-state index in [-0.39, 0.29) is 0 Å². The summed E-state index contributed by atoms with van der Waals surface area (Å²) in [6, 6.07) is 31.8. The maximum Gasteiger partial charge on any atom is 0.116 e. The van der Waals surface area contributed by atoms with Gasteiger partial charge in [-0.25, -0.2) is 0 Å². The van der Waals surface area contributed by atoms with Gasteiger partial charge < -0.3 is 5.41 Å². The molecule has 0 spiro atoms. The Labute approximate surface area is 138 Å². The van der Waals surface area contributed by atoms with Crippen LogP contribution >= 0.6 is 7.26 Å². The van der Waals surface area contributed by atoms with Crippen LogP contribution in [0.5, 0.6) is 0 Å². The predicted octanol–water partition coefficient (Wildman–Crippen LogP) is 3.78. The summed E-state index contributed by atoms with van der Waals surface area (Å²) in [5, 5.41) is 13.1. The molecule has 0 N–H and O–H groups in total. The second-order valence-electron chi connectivity index (χ2n) is 5.33. The smallest absolute Gasteiger partial charge is 0.116 e. The molecular formula is C21H18NP. The van der Waals surface area contributed by atoms with E-state index < -0.39 is 7.26 Å². The summed E-state index contributed by atoms with van der Waals surface area (Å²) in [6.45, 7) is 0. The zero-order chi connectivity index (χ0) is 16.0. The van der Waals surface area contributed by atoms with Crippen molar-refractivity contribution in [3.8, 4) is 0 Å². The molecule has 1 nitrogen and oxygen atoms in total. The Balaban J connectivity index is 2.32. The Morgan fingerprint density at radius 2 is 1.00 bits per heavy atom. The van der Waals surface area contributed by atoms with Crippen molar-refractivity contribution in [3.63, 3.8) is 0 Å². The zero-order valence-electron chi connectivity index (χ0n) is 12.8. The van der Waals surface area contributed by atoms with Gasteiger partial charge in [0.05, 0.1) is 6.16 Å². The first kappa shape index (κ1) is 15.4. The highest BCUT2D eigenvalue weighted by atomic mass is 31.2. The van der Waals surface area contributed by atoms with Crippen molar-refractivity contribution in [1.82, 2.24) is 0 Å². The molecule has 3 aromatic rings. The topological polar surface area (TPSA) is 22.3 Å². The first-order valence-corrected chi connectivity index (χ1v) is 9.61. The second kappa shape index (κ2) is 7.20. The molecule has 0 aliphatic rings. The summed E-state index contributed by atoms with van der Waals surface area (Å²) in [5.74, 6) is 2.24. The first-order valence-electron chi connectivity index (χ1n) is 7.64. The third kappa shape index (κ3) is 3.03. The fourth-order valence-electron chi connectivity index (χ4n) is 2.99. The largest absolute Gasteiger partial charge is 0.763 e. The third-order valence-corrected chi connectivity index (χ3v) is 8.32. The van der Waals surface area contributed by atoms with Crippen LogP contribution < -0.4 is 15.9 Å². The highest BCUT2D eigenvalue weighted by molar-refractivity contribution is 7.95. The molecule has 0 aliphatic heterocycles. The Bertz CT molecular complexity index is 694. The highest BCUT2D eigenvalue weighted by Crippen LogP contribution is 2.55. The van der Waals surface area contributed by atoms with Crippen LogP contribution in [0.2, 0.25) is 0 Å². The van der Waals surface area contributed by atoms with Crippen molar-refractivity contribution in [3.05, 3.63) is 102 Å². The first-order chi connectivity index (χ1) is 11.4. The fourth-order valence-corrected chi connectivity index (χ4v) is 6.91. The quantitative estimate of drug-likeness (QED) is 0.505. The predicted molar refractivity (Wildman–Crippen MR) is 103 cm³/mol. The Kier molecular flexibility index (Phi) is 4.83. The van der Waals surface area contributed by atoms with Crippen molar-refractivity contribution in [2.45, 2.75) is 0 Å². The summed E-state index contributed by atoms with van der Waals surface area (Å²) in [7, 11) is -1.85. The maximum absolute atomic E-state index is 9.18. The molecule has 0 heterocycles. The van der Waals surface area contributed by atoms with E-state index in [0.717, 1.165) is 6.16 Å². The molecular weight excluding hydrogens is 297 g/mol. The minimum absolute atomic E-state index is 0.752. The highest BCUT2D eigenvalue weighted by Gasteiger charge is 2.43. The van der Waals surface area contributed by atoms with Crippen molar-refractivity contribution in [1.29, 1.82) is 0 Å². The Hall–Kier alpha value is -2.46. The average molecular weight is 315 g/mol. The molecule has 0 bridgehead atoms. The monoisotopic (exact) mass is 315 g/mol. The molecule has 3 aromatic carbocycles. The number of allylic oxidation sites excluding steroid dienone is 1. The lowest BCUT2D eigenvalue weighted by Gasteiger charge is -2.26. The van der Waals surface area contributed by atoms with Gasteiger partial charge in [-0.1, -0.05) is 54.6 Å². The van der Waals surface area contributed by atoms with Gasteiger partial charge in [0, 0.05) is 0 Å². The van der Waals surface area contributed by atoms with E-state index in [1.807, 2.05) is 18.2 Å². The molecule has 0 radical (unpaired) electrons. The summed E-state index contributed by atoms with van der Waals surface area (Å²) in [6.07, 6.45) is 2.50. The molecule has 0 atom stereocenters. The Morgan fingerprint density at radius 3 is 1.30 bits per heavy atom. The van der Waals surface area contributed by atoms with Crippen molar-refractivity contribution in [2.75, 3.05) is 6.16 Å². The fraction of sp³-hybridized carbons (Fsp3) is 0.0476. The van der Waals surface area contributed by atoms with Gasteiger partial charge in [-0.15, -0.1) is 0 Å². The van der Waals surface area contributed by atoms with Gasteiger partial charge in [-0.05, 0) is 42.5 Å². The molecule has 0 aromatic heterocycles. The van der Waals surface area contributed by atoms with Gasteiger partial charge in [-0.3, -0.25) is 5.87 Å². The number of nitrogens with zero attached hydrogens (tertiary/aromatic N) is 1. The molecule has 0 aliphatic carbocycles. The van der Waals surface area contributed by atoms with Gasteiger partial charge >= 0.3 is 0 Å². The molecule has 0 fully saturated rings. The molecule has 0 amide bonds. The lowest BCUT2D eigenvalue weighted by molar-refractivity contribution is 1.67. The number of hydrogen-bond donors (Lipinski definition) is 0. The number of hydrogen-bond acceptors (Lipinski definition) is 0.